The molecule has 10 heteroatoms. The lowest BCUT2D eigenvalue weighted by atomic mass is 10.1. The molecule has 0 fully saturated rings. The van der Waals surface area contributed by atoms with E-state index in [0.29, 0.717) is 6.61 Å². The molecule has 132 valence electrons. The molecule has 0 aliphatic carbocycles. The summed E-state index contributed by atoms with van der Waals surface area (Å²) >= 11 is 1.37. The number of fused-ring (bicyclic) bond motifs is 1. The van der Waals surface area contributed by atoms with E-state index < -0.39 is 11.9 Å². The van der Waals surface area contributed by atoms with E-state index in [0.717, 1.165) is 28.3 Å². The summed E-state index contributed by atoms with van der Waals surface area (Å²) in [7, 11) is 1.23. The molecular weight excluding hydrogens is 358 g/mol. The first-order chi connectivity index (χ1) is 12.6. The number of rotatable bonds is 4. The number of H-pyrrole nitrogens is 1. The SMILES string of the molecule is COC(=O)c1nc(NC(=O)c2csc(-c3ccc4c(c3)CCO4)n2)n[nH]1. The molecule has 26 heavy (non-hydrogen) atoms. The van der Waals surface area contributed by atoms with Gasteiger partial charge in [0, 0.05) is 17.4 Å². The molecule has 1 aliphatic heterocycles. The van der Waals surface area contributed by atoms with Gasteiger partial charge in [-0.15, -0.1) is 16.4 Å². The summed E-state index contributed by atoms with van der Waals surface area (Å²) in [4.78, 5) is 31.8. The van der Waals surface area contributed by atoms with E-state index in [1.807, 2.05) is 18.2 Å². The highest BCUT2D eigenvalue weighted by molar-refractivity contribution is 7.13. The lowest BCUT2D eigenvalue weighted by Crippen LogP contribution is -2.13. The van der Waals surface area contributed by atoms with Crippen LogP contribution in [0.2, 0.25) is 0 Å². The zero-order valence-electron chi connectivity index (χ0n) is 13.6. The standard InChI is InChI=1S/C16H13N5O4S/c1-24-15(23)12-18-16(21-20-12)19-13(22)10-7-26-14(17-10)9-2-3-11-8(6-9)4-5-25-11/h2-3,6-7H,4-5H2,1H3,(H2,18,19,20,21,22). The van der Waals surface area contributed by atoms with Crippen molar-refractivity contribution in [3.05, 3.63) is 40.7 Å². The molecular formula is C16H13N5O4S. The van der Waals surface area contributed by atoms with Gasteiger partial charge in [0.15, 0.2) is 0 Å². The largest absolute Gasteiger partial charge is 0.493 e. The molecule has 1 aliphatic rings. The van der Waals surface area contributed by atoms with Crippen molar-refractivity contribution in [2.24, 2.45) is 0 Å². The second-order valence-electron chi connectivity index (χ2n) is 5.41. The van der Waals surface area contributed by atoms with Gasteiger partial charge in [-0.3, -0.25) is 15.2 Å². The van der Waals surface area contributed by atoms with Gasteiger partial charge in [-0.25, -0.2) is 9.78 Å². The van der Waals surface area contributed by atoms with Gasteiger partial charge in [0.2, 0.25) is 11.8 Å². The number of anilines is 1. The first-order valence-corrected chi connectivity index (χ1v) is 8.55. The highest BCUT2D eigenvalue weighted by Crippen LogP contribution is 2.31. The second kappa shape index (κ2) is 6.56. The Morgan fingerprint density at radius 3 is 3.08 bits per heavy atom. The summed E-state index contributed by atoms with van der Waals surface area (Å²) in [6.45, 7) is 0.689. The Hall–Kier alpha value is -3.27. The first kappa shape index (κ1) is 16.2. The van der Waals surface area contributed by atoms with Gasteiger partial charge in [-0.05, 0) is 23.8 Å². The molecule has 1 aromatic carbocycles. The summed E-state index contributed by atoms with van der Waals surface area (Å²) < 4.78 is 10.0. The maximum absolute atomic E-state index is 12.3. The molecule has 2 aromatic heterocycles. The van der Waals surface area contributed by atoms with Crippen LogP contribution in [0.4, 0.5) is 5.95 Å². The average Bonchev–Trinajstić information content (AvgIpc) is 3.39. The van der Waals surface area contributed by atoms with Crippen molar-refractivity contribution in [1.29, 1.82) is 0 Å². The van der Waals surface area contributed by atoms with Crippen molar-refractivity contribution in [2.75, 3.05) is 19.0 Å². The second-order valence-corrected chi connectivity index (χ2v) is 6.27. The number of benzene rings is 1. The van der Waals surface area contributed by atoms with Crippen LogP contribution in [0.1, 0.15) is 26.7 Å². The van der Waals surface area contributed by atoms with Crippen molar-refractivity contribution in [3.8, 4) is 16.3 Å². The van der Waals surface area contributed by atoms with E-state index >= 15 is 0 Å². The first-order valence-electron chi connectivity index (χ1n) is 7.68. The van der Waals surface area contributed by atoms with E-state index in [1.165, 1.54) is 18.4 Å². The number of carbonyl (C=O) groups excluding carboxylic acids is 2. The molecule has 0 saturated heterocycles. The van der Waals surface area contributed by atoms with E-state index in [-0.39, 0.29) is 17.5 Å². The number of nitrogens with one attached hydrogen (secondary N) is 2. The number of hydrogen-bond donors (Lipinski definition) is 2. The fraction of sp³-hybridized carbons (Fsp3) is 0.188. The van der Waals surface area contributed by atoms with E-state index in [2.05, 4.69) is 30.2 Å². The van der Waals surface area contributed by atoms with Crippen LogP contribution >= 0.6 is 11.3 Å². The van der Waals surface area contributed by atoms with Gasteiger partial charge in [-0.2, -0.15) is 4.98 Å². The zero-order valence-corrected chi connectivity index (χ0v) is 14.4. The lowest BCUT2D eigenvalue weighted by Gasteiger charge is -2.01. The number of amides is 1. The predicted molar refractivity (Wildman–Crippen MR) is 92.4 cm³/mol. The van der Waals surface area contributed by atoms with Crippen molar-refractivity contribution >= 4 is 29.2 Å². The van der Waals surface area contributed by atoms with Crippen molar-refractivity contribution in [1.82, 2.24) is 20.2 Å². The van der Waals surface area contributed by atoms with Crippen LogP contribution in [0, 0.1) is 0 Å². The molecule has 0 radical (unpaired) electrons. The number of aromatic nitrogens is 4. The fourth-order valence-corrected chi connectivity index (χ4v) is 3.30. The van der Waals surface area contributed by atoms with Crippen LogP contribution < -0.4 is 10.1 Å². The molecule has 0 saturated carbocycles. The van der Waals surface area contributed by atoms with Gasteiger partial charge >= 0.3 is 5.97 Å². The van der Waals surface area contributed by atoms with Crippen LogP contribution in [0.3, 0.4) is 0 Å². The number of ether oxygens (including phenoxy) is 2. The Labute approximate surface area is 151 Å². The molecule has 0 unspecified atom stereocenters. The van der Waals surface area contributed by atoms with Crippen molar-refractivity contribution in [2.45, 2.75) is 6.42 Å². The third-order valence-electron chi connectivity index (χ3n) is 3.76. The Kier molecular flexibility index (Phi) is 4.09. The highest BCUT2D eigenvalue weighted by Gasteiger charge is 2.18. The minimum absolute atomic E-state index is 0.0281. The fourth-order valence-electron chi connectivity index (χ4n) is 2.50. The molecule has 1 amide bonds. The number of esters is 1. The van der Waals surface area contributed by atoms with Crippen LogP contribution in [0.25, 0.3) is 10.6 Å². The summed E-state index contributed by atoms with van der Waals surface area (Å²) in [5.74, 6) is -0.363. The smallest absolute Gasteiger partial charge is 0.375 e. The van der Waals surface area contributed by atoms with Crippen molar-refractivity contribution < 1.29 is 19.1 Å². The summed E-state index contributed by atoms with van der Waals surface area (Å²) in [5.41, 5.74) is 2.31. The molecule has 0 spiro atoms. The van der Waals surface area contributed by atoms with Crippen LogP contribution in [-0.2, 0) is 11.2 Å². The number of hydrogen-bond acceptors (Lipinski definition) is 8. The monoisotopic (exact) mass is 371 g/mol. The maximum atomic E-state index is 12.3. The van der Waals surface area contributed by atoms with Crippen molar-refractivity contribution in [3.63, 3.8) is 0 Å². The maximum Gasteiger partial charge on any atom is 0.375 e. The minimum Gasteiger partial charge on any atom is -0.493 e. The normalized spacial score (nSPS) is 12.3. The molecule has 4 rings (SSSR count). The van der Waals surface area contributed by atoms with Gasteiger partial charge < -0.3 is 9.47 Å². The Morgan fingerprint density at radius 1 is 1.35 bits per heavy atom. The number of aromatic amines is 1. The molecule has 0 bridgehead atoms. The minimum atomic E-state index is -0.672. The predicted octanol–water partition coefficient (Wildman–Crippen LogP) is 1.90. The highest BCUT2D eigenvalue weighted by atomic mass is 32.1. The molecule has 2 N–H and O–H groups in total. The van der Waals surface area contributed by atoms with Gasteiger partial charge in [0.1, 0.15) is 16.5 Å². The third-order valence-corrected chi connectivity index (χ3v) is 4.65. The van der Waals surface area contributed by atoms with Gasteiger partial charge in [-0.1, -0.05) is 0 Å². The topological polar surface area (TPSA) is 119 Å². The van der Waals surface area contributed by atoms with E-state index in [9.17, 15) is 9.59 Å². The Balaban J connectivity index is 1.50. The Bertz CT molecular complexity index is 996. The molecule has 0 atom stereocenters. The quantitative estimate of drug-likeness (QED) is 0.672. The van der Waals surface area contributed by atoms with Gasteiger partial charge in [0.05, 0.1) is 13.7 Å². The summed E-state index contributed by atoms with van der Waals surface area (Å²) in [6.07, 6.45) is 0.870. The number of carbonyl (C=O) groups is 2. The van der Waals surface area contributed by atoms with Crippen LogP contribution in [-0.4, -0.2) is 45.8 Å². The summed E-state index contributed by atoms with van der Waals surface area (Å²) in [5, 5.41) is 11.0. The molecule has 3 heterocycles. The zero-order chi connectivity index (χ0) is 18.1. The van der Waals surface area contributed by atoms with Gasteiger partial charge in [0.25, 0.3) is 5.91 Å². The average molecular weight is 371 g/mol. The van der Waals surface area contributed by atoms with Crippen LogP contribution in [0.15, 0.2) is 23.6 Å². The number of thiazole rings is 1. The van der Waals surface area contributed by atoms with E-state index in [1.54, 1.807) is 5.38 Å². The number of methoxy groups -OCH3 is 1. The lowest BCUT2D eigenvalue weighted by molar-refractivity contribution is 0.0587. The molecule has 3 aromatic rings. The van der Waals surface area contributed by atoms with E-state index in [4.69, 9.17) is 4.74 Å². The third kappa shape index (κ3) is 3.02. The Morgan fingerprint density at radius 2 is 2.23 bits per heavy atom. The number of nitrogens with zero attached hydrogens (tertiary/aromatic N) is 3. The summed E-state index contributed by atoms with van der Waals surface area (Å²) in [6, 6.07) is 5.87. The molecule has 9 nitrogen and oxygen atoms in total. The van der Waals surface area contributed by atoms with Crippen LogP contribution in [0.5, 0.6) is 5.75 Å².